The van der Waals surface area contributed by atoms with E-state index in [0.29, 0.717) is 12.1 Å². The molecule has 2 aromatic heterocycles. The molecule has 10 heteroatoms. The van der Waals surface area contributed by atoms with Gasteiger partial charge in [-0.15, -0.1) is 0 Å². The van der Waals surface area contributed by atoms with Gasteiger partial charge >= 0.3 is 5.97 Å². The zero-order chi connectivity index (χ0) is 19.7. The van der Waals surface area contributed by atoms with E-state index in [1.165, 1.54) is 16.6 Å². The number of nitrogens with zero attached hydrogens (tertiary/aromatic N) is 4. The standard InChI is InChI=1S/C17H14ClFN4O4/c1-3-9-8-13(17(24)27-4-2)20-16-14(18)15(21-22(9)16)11-6-5-10(23(25)26)7-12(11)19/h5-8H,3-4H2,1-2H3. The lowest BCUT2D eigenvalue weighted by Crippen LogP contribution is -2.10. The van der Waals surface area contributed by atoms with Gasteiger partial charge in [-0.3, -0.25) is 10.1 Å². The first-order valence-corrected chi connectivity index (χ1v) is 8.44. The largest absolute Gasteiger partial charge is 0.461 e. The summed E-state index contributed by atoms with van der Waals surface area (Å²) in [5.41, 5.74) is 0.556. The van der Waals surface area contributed by atoms with E-state index in [4.69, 9.17) is 16.3 Å². The summed E-state index contributed by atoms with van der Waals surface area (Å²) < 4.78 is 20.8. The van der Waals surface area contributed by atoms with E-state index in [1.54, 1.807) is 6.92 Å². The lowest BCUT2D eigenvalue weighted by atomic mass is 10.1. The molecular formula is C17H14ClFN4O4. The van der Waals surface area contributed by atoms with Gasteiger partial charge in [-0.1, -0.05) is 18.5 Å². The van der Waals surface area contributed by atoms with Crippen molar-refractivity contribution in [2.75, 3.05) is 6.61 Å². The van der Waals surface area contributed by atoms with Gasteiger partial charge in [0.05, 0.1) is 17.6 Å². The number of aryl methyl sites for hydroxylation is 1. The van der Waals surface area contributed by atoms with Crippen LogP contribution in [0.2, 0.25) is 5.02 Å². The van der Waals surface area contributed by atoms with Crippen LogP contribution in [0.4, 0.5) is 10.1 Å². The number of benzene rings is 1. The van der Waals surface area contributed by atoms with E-state index in [-0.39, 0.29) is 39.9 Å². The highest BCUT2D eigenvalue weighted by molar-refractivity contribution is 6.36. The molecule has 0 fully saturated rings. The van der Waals surface area contributed by atoms with E-state index in [9.17, 15) is 19.3 Å². The second-order valence-corrected chi connectivity index (χ2v) is 5.90. The predicted molar refractivity (Wildman–Crippen MR) is 95.4 cm³/mol. The maximum atomic E-state index is 14.4. The van der Waals surface area contributed by atoms with Crippen LogP contribution in [0, 0.1) is 15.9 Å². The summed E-state index contributed by atoms with van der Waals surface area (Å²) in [5.74, 6) is -1.44. The van der Waals surface area contributed by atoms with Crippen molar-refractivity contribution in [1.82, 2.24) is 14.6 Å². The van der Waals surface area contributed by atoms with Gasteiger partial charge < -0.3 is 4.74 Å². The van der Waals surface area contributed by atoms with Crippen LogP contribution in [0.3, 0.4) is 0 Å². The normalized spacial score (nSPS) is 11.0. The fraction of sp³-hybridized carbons (Fsp3) is 0.235. The van der Waals surface area contributed by atoms with Crippen LogP contribution in [0.1, 0.15) is 30.0 Å². The topological polar surface area (TPSA) is 99.6 Å². The number of nitro benzene ring substituents is 1. The zero-order valence-electron chi connectivity index (χ0n) is 14.4. The Hall–Kier alpha value is -3.07. The summed E-state index contributed by atoms with van der Waals surface area (Å²) in [6.07, 6.45) is 0.506. The fourth-order valence-electron chi connectivity index (χ4n) is 2.60. The quantitative estimate of drug-likeness (QED) is 0.371. The van der Waals surface area contributed by atoms with Crippen molar-refractivity contribution in [3.8, 4) is 11.3 Å². The number of non-ortho nitro benzene ring substituents is 1. The zero-order valence-corrected chi connectivity index (χ0v) is 15.2. The van der Waals surface area contributed by atoms with E-state index < -0.39 is 16.7 Å². The number of hydrogen-bond acceptors (Lipinski definition) is 6. The summed E-state index contributed by atoms with van der Waals surface area (Å²) in [5, 5.41) is 15.1. The third-order valence-corrected chi connectivity index (χ3v) is 4.22. The highest BCUT2D eigenvalue weighted by atomic mass is 35.5. The van der Waals surface area contributed by atoms with Gasteiger partial charge in [0, 0.05) is 17.3 Å². The number of fused-ring (bicyclic) bond motifs is 1. The maximum absolute atomic E-state index is 14.4. The van der Waals surface area contributed by atoms with Crippen LogP contribution in [0.5, 0.6) is 0 Å². The van der Waals surface area contributed by atoms with Gasteiger partial charge in [-0.25, -0.2) is 18.7 Å². The number of carbonyl (C=O) groups excluding carboxylic acids is 1. The number of nitro groups is 1. The van der Waals surface area contributed by atoms with Crippen molar-refractivity contribution in [1.29, 1.82) is 0 Å². The molecule has 0 saturated carbocycles. The molecule has 0 amide bonds. The fourth-order valence-corrected chi connectivity index (χ4v) is 2.86. The number of esters is 1. The second kappa shape index (κ2) is 7.28. The number of carbonyl (C=O) groups is 1. The molecule has 140 valence electrons. The second-order valence-electron chi connectivity index (χ2n) is 5.53. The molecule has 0 bridgehead atoms. The Kier molecular flexibility index (Phi) is 5.04. The summed E-state index contributed by atoms with van der Waals surface area (Å²) in [4.78, 5) is 26.3. The van der Waals surface area contributed by atoms with Crippen molar-refractivity contribution >= 4 is 28.9 Å². The molecule has 0 unspecified atom stereocenters. The lowest BCUT2D eigenvalue weighted by molar-refractivity contribution is -0.385. The van der Waals surface area contributed by atoms with E-state index in [1.807, 2.05) is 6.92 Å². The summed E-state index contributed by atoms with van der Waals surface area (Å²) in [6, 6.07) is 4.73. The molecule has 1 aromatic carbocycles. The Labute approximate surface area is 157 Å². The van der Waals surface area contributed by atoms with Crippen molar-refractivity contribution < 1.29 is 18.8 Å². The maximum Gasteiger partial charge on any atom is 0.357 e. The first-order valence-electron chi connectivity index (χ1n) is 8.06. The average Bonchev–Trinajstić information content (AvgIpc) is 2.97. The highest BCUT2D eigenvalue weighted by Gasteiger charge is 2.22. The van der Waals surface area contributed by atoms with Crippen molar-refractivity contribution in [2.45, 2.75) is 20.3 Å². The van der Waals surface area contributed by atoms with Crippen molar-refractivity contribution in [3.05, 3.63) is 56.6 Å². The Morgan fingerprint density at radius 3 is 2.70 bits per heavy atom. The van der Waals surface area contributed by atoms with Crippen LogP contribution in [-0.2, 0) is 11.2 Å². The molecule has 2 heterocycles. The minimum absolute atomic E-state index is 0.00385. The van der Waals surface area contributed by atoms with Gasteiger partial charge in [0.15, 0.2) is 11.3 Å². The summed E-state index contributed by atoms with van der Waals surface area (Å²) in [7, 11) is 0. The smallest absolute Gasteiger partial charge is 0.357 e. The average molecular weight is 393 g/mol. The SMILES string of the molecule is CCOC(=O)c1cc(CC)n2nc(-c3ccc([N+](=O)[O-])cc3F)c(Cl)c2n1. The molecule has 0 aliphatic rings. The molecule has 0 N–H and O–H groups in total. The number of halogens is 2. The number of rotatable bonds is 5. The first-order chi connectivity index (χ1) is 12.9. The molecule has 3 rings (SSSR count). The highest BCUT2D eigenvalue weighted by Crippen LogP contribution is 2.33. The number of ether oxygens (including phenoxy) is 1. The van der Waals surface area contributed by atoms with Crippen molar-refractivity contribution in [2.24, 2.45) is 0 Å². The Balaban J connectivity index is 2.20. The molecule has 0 radical (unpaired) electrons. The van der Waals surface area contributed by atoms with Gasteiger partial charge in [-0.05, 0) is 25.5 Å². The molecule has 0 aliphatic carbocycles. The third-order valence-electron chi connectivity index (χ3n) is 3.87. The number of aromatic nitrogens is 3. The monoisotopic (exact) mass is 392 g/mol. The molecule has 3 aromatic rings. The molecule has 27 heavy (non-hydrogen) atoms. The molecule has 0 saturated heterocycles. The molecule has 8 nitrogen and oxygen atoms in total. The Morgan fingerprint density at radius 2 is 2.11 bits per heavy atom. The van der Waals surface area contributed by atoms with Crippen LogP contribution in [-0.4, -0.2) is 32.1 Å². The Bertz CT molecular complexity index is 1070. The van der Waals surface area contributed by atoms with Crippen LogP contribution in [0.15, 0.2) is 24.3 Å². The minimum Gasteiger partial charge on any atom is -0.461 e. The first kappa shape index (κ1) is 18.7. The predicted octanol–water partition coefficient (Wildman–Crippen LogP) is 3.84. The molecular weight excluding hydrogens is 379 g/mol. The van der Waals surface area contributed by atoms with Crippen LogP contribution < -0.4 is 0 Å². The lowest BCUT2D eigenvalue weighted by Gasteiger charge is -2.05. The van der Waals surface area contributed by atoms with Crippen LogP contribution in [0.25, 0.3) is 16.9 Å². The van der Waals surface area contributed by atoms with Crippen molar-refractivity contribution in [3.63, 3.8) is 0 Å². The van der Waals surface area contributed by atoms with Crippen LogP contribution >= 0.6 is 11.6 Å². The summed E-state index contributed by atoms with van der Waals surface area (Å²) in [6.45, 7) is 3.73. The van der Waals surface area contributed by atoms with Gasteiger partial charge in [0.1, 0.15) is 16.5 Å². The summed E-state index contributed by atoms with van der Waals surface area (Å²) >= 11 is 6.35. The number of hydrogen-bond donors (Lipinski definition) is 0. The van der Waals surface area contributed by atoms with Gasteiger partial charge in [0.2, 0.25) is 0 Å². The molecule has 0 aliphatic heterocycles. The molecule has 0 spiro atoms. The van der Waals surface area contributed by atoms with Gasteiger partial charge in [0.25, 0.3) is 5.69 Å². The van der Waals surface area contributed by atoms with E-state index in [2.05, 4.69) is 10.1 Å². The van der Waals surface area contributed by atoms with E-state index >= 15 is 0 Å². The Morgan fingerprint density at radius 1 is 1.37 bits per heavy atom. The van der Waals surface area contributed by atoms with E-state index in [0.717, 1.165) is 12.1 Å². The third kappa shape index (κ3) is 3.33. The van der Waals surface area contributed by atoms with Gasteiger partial charge in [-0.2, -0.15) is 5.10 Å². The minimum atomic E-state index is -0.835. The molecule has 0 atom stereocenters.